The van der Waals surface area contributed by atoms with E-state index < -0.39 is 23.8 Å². The number of aliphatic carboxylic acids is 1. The van der Waals surface area contributed by atoms with Gasteiger partial charge in [0.25, 0.3) is 0 Å². The number of hydrogen-bond donors (Lipinski definition) is 2. The van der Waals surface area contributed by atoms with Crippen molar-refractivity contribution in [1.82, 2.24) is 5.32 Å². The van der Waals surface area contributed by atoms with Crippen molar-refractivity contribution in [3.63, 3.8) is 0 Å². The summed E-state index contributed by atoms with van der Waals surface area (Å²) < 4.78 is 39.7. The van der Waals surface area contributed by atoms with Gasteiger partial charge in [0, 0.05) is 12.0 Å². The number of alkyl halides is 3. The highest BCUT2D eigenvalue weighted by Gasteiger charge is 2.36. The van der Waals surface area contributed by atoms with Gasteiger partial charge in [-0.1, -0.05) is 12.1 Å². The zero-order valence-corrected chi connectivity index (χ0v) is 12.4. The van der Waals surface area contributed by atoms with Crippen molar-refractivity contribution in [1.29, 1.82) is 0 Å². The summed E-state index contributed by atoms with van der Waals surface area (Å²) in [5, 5.41) is 11.1. The van der Waals surface area contributed by atoms with E-state index in [9.17, 15) is 22.8 Å². The van der Waals surface area contributed by atoms with E-state index in [0.29, 0.717) is 0 Å². The first kappa shape index (κ1) is 17.1. The van der Waals surface area contributed by atoms with Gasteiger partial charge in [-0.2, -0.15) is 13.2 Å². The quantitative estimate of drug-likeness (QED) is 0.815. The number of rotatable bonds is 5. The Morgan fingerprint density at radius 3 is 2.52 bits per heavy atom. The molecule has 0 spiro atoms. The number of halogens is 3. The molecule has 1 amide bonds. The molecule has 4 nitrogen and oxygen atoms in total. The van der Waals surface area contributed by atoms with E-state index in [4.69, 9.17) is 5.11 Å². The fraction of sp³-hybridized carbons (Fsp3) is 0.375. The van der Waals surface area contributed by atoms with Gasteiger partial charge >= 0.3 is 12.1 Å². The first-order valence-corrected chi connectivity index (χ1v) is 7.11. The molecule has 124 valence electrons. The Labute approximate surface area is 131 Å². The molecule has 0 bridgehead atoms. The third-order valence-electron chi connectivity index (χ3n) is 3.57. The minimum atomic E-state index is -4.60. The number of carbonyl (C=O) groups is 2. The Hall–Kier alpha value is -2.31. The Morgan fingerprint density at radius 1 is 1.35 bits per heavy atom. The van der Waals surface area contributed by atoms with Crippen LogP contribution in [0.1, 0.15) is 42.5 Å². The number of hydrogen-bond acceptors (Lipinski definition) is 2. The van der Waals surface area contributed by atoms with Crippen molar-refractivity contribution >= 4 is 18.0 Å². The predicted octanol–water partition coefficient (Wildman–Crippen LogP) is 3.39. The molecular formula is C16H16F3NO3. The maximum Gasteiger partial charge on any atom is 0.416 e. The number of carboxylic acids is 1. The first-order valence-electron chi connectivity index (χ1n) is 7.11. The van der Waals surface area contributed by atoms with Gasteiger partial charge < -0.3 is 10.4 Å². The summed E-state index contributed by atoms with van der Waals surface area (Å²) in [6.07, 6.45) is -1.20. The van der Waals surface area contributed by atoms with Gasteiger partial charge in [-0.15, -0.1) is 0 Å². The van der Waals surface area contributed by atoms with Crippen LogP contribution in [0.5, 0.6) is 0 Å². The molecule has 1 aliphatic rings. The molecular weight excluding hydrogens is 311 g/mol. The van der Waals surface area contributed by atoms with E-state index in [1.54, 1.807) is 0 Å². The number of amides is 1. The molecule has 23 heavy (non-hydrogen) atoms. The van der Waals surface area contributed by atoms with Crippen LogP contribution in [0.15, 0.2) is 24.3 Å². The lowest BCUT2D eigenvalue weighted by Crippen LogP contribution is -2.29. The number of nitrogens with one attached hydrogen (secondary N) is 1. The Kier molecular flexibility index (Phi) is 4.77. The summed E-state index contributed by atoms with van der Waals surface area (Å²) in [7, 11) is 0. The fourth-order valence-electron chi connectivity index (χ4n) is 2.22. The van der Waals surface area contributed by atoms with E-state index in [1.165, 1.54) is 19.1 Å². The lowest BCUT2D eigenvalue weighted by atomic mass is 9.98. The SMILES string of the molecule is C[C@H](NC(=O)C1CC1)c1ccc(/C=C/C(=O)O)cc1C(F)(F)F. The number of benzene rings is 1. The van der Waals surface area contributed by atoms with Gasteiger partial charge in [0.05, 0.1) is 11.6 Å². The highest BCUT2D eigenvalue weighted by Crippen LogP contribution is 2.36. The summed E-state index contributed by atoms with van der Waals surface area (Å²) in [6.45, 7) is 1.50. The highest BCUT2D eigenvalue weighted by molar-refractivity contribution is 5.85. The largest absolute Gasteiger partial charge is 0.478 e. The van der Waals surface area contributed by atoms with Crippen LogP contribution in [0.2, 0.25) is 0 Å². The molecule has 0 aliphatic heterocycles. The fourth-order valence-corrected chi connectivity index (χ4v) is 2.22. The topological polar surface area (TPSA) is 66.4 Å². The molecule has 7 heteroatoms. The summed E-state index contributed by atoms with van der Waals surface area (Å²) in [5.74, 6) is -1.57. The van der Waals surface area contributed by atoms with Gasteiger partial charge in [0.15, 0.2) is 0 Å². The van der Waals surface area contributed by atoms with E-state index in [2.05, 4.69) is 5.32 Å². The monoisotopic (exact) mass is 327 g/mol. The van der Waals surface area contributed by atoms with Crippen LogP contribution < -0.4 is 5.32 Å². The van der Waals surface area contributed by atoms with Crippen LogP contribution in [0.25, 0.3) is 6.08 Å². The summed E-state index contributed by atoms with van der Waals surface area (Å²) >= 11 is 0. The van der Waals surface area contributed by atoms with Crippen molar-refractivity contribution in [2.75, 3.05) is 0 Å². The minimum Gasteiger partial charge on any atom is -0.478 e. The highest BCUT2D eigenvalue weighted by atomic mass is 19.4. The average Bonchev–Trinajstić information content (AvgIpc) is 3.28. The summed E-state index contributed by atoms with van der Waals surface area (Å²) in [5.41, 5.74) is -0.795. The second kappa shape index (κ2) is 6.44. The average molecular weight is 327 g/mol. The van der Waals surface area contributed by atoms with Crippen LogP contribution >= 0.6 is 0 Å². The molecule has 1 saturated carbocycles. The van der Waals surface area contributed by atoms with Crippen molar-refractivity contribution in [2.45, 2.75) is 32.0 Å². The molecule has 0 aromatic heterocycles. The van der Waals surface area contributed by atoms with Crippen LogP contribution in [0.3, 0.4) is 0 Å². The van der Waals surface area contributed by atoms with Crippen molar-refractivity contribution in [2.24, 2.45) is 5.92 Å². The molecule has 0 unspecified atom stereocenters. The third-order valence-corrected chi connectivity index (χ3v) is 3.57. The number of carbonyl (C=O) groups excluding carboxylic acids is 1. The van der Waals surface area contributed by atoms with E-state index in [0.717, 1.165) is 31.1 Å². The van der Waals surface area contributed by atoms with Gasteiger partial charge in [-0.25, -0.2) is 4.79 Å². The number of carboxylic acid groups (broad SMARTS) is 1. The van der Waals surface area contributed by atoms with Crippen molar-refractivity contribution in [3.8, 4) is 0 Å². The second-order valence-corrected chi connectivity index (χ2v) is 5.52. The first-order chi connectivity index (χ1) is 10.7. The molecule has 1 aromatic rings. The Morgan fingerprint density at radius 2 is 2.00 bits per heavy atom. The molecule has 0 radical (unpaired) electrons. The maximum atomic E-state index is 13.2. The molecule has 2 rings (SSSR count). The molecule has 2 N–H and O–H groups in total. The van der Waals surface area contributed by atoms with Gasteiger partial charge in [0.2, 0.25) is 5.91 Å². The summed E-state index contributed by atoms with van der Waals surface area (Å²) in [6, 6.07) is 2.76. The van der Waals surface area contributed by atoms with Crippen LogP contribution in [-0.2, 0) is 15.8 Å². The molecule has 0 saturated heterocycles. The second-order valence-electron chi connectivity index (χ2n) is 5.52. The Bertz CT molecular complexity index is 648. The summed E-state index contributed by atoms with van der Waals surface area (Å²) in [4.78, 5) is 22.2. The molecule has 1 atom stereocenters. The van der Waals surface area contributed by atoms with Crippen LogP contribution in [0, 0.1) is 5.92 Å². The van der Waals surface area contributed by atoms with Crippen LogP contribution in [-0.4, -0.2) is 17.0 Å². The predicted molar refractivity (Wildman–Crippen MR) is 77.4 cm³/mol. The van der Waals surface area contributed by atoms with E-state index in [1.807, 2.05) is 0 Å². The zero-order chi connectivity index (χ0) is 17.2. The normalized spacial score (nSPS) is 16.3. The molecule has 1 aromatic carbocycles. The minimum absolute atomic E-state index is 0.0426. The van der Waals surface area contributed by atoms with Gasteiger partial charge in [-0.3, -0.25) is 4.79 Å². The molecule has 0 heterocycles. The third kappa shape index (κ3) is 4.58. The molecule has 1 aliphatic carbocycles. The van der Waals surface area contributed by atoms with Crippen molar-refractivity contribution < 1.29 is 27.9 Å². The maximum absolute atomic E-state index is 13.2. The lowest BCUT2D eigenvalue weighted by molar-refractivity contribution is -0.138. The van der Waals surface area contributed by atoms with E-state index in [-0.39, 0.29) is 23.0 Å². The molecule has 1 fully saturated rings. The van der Waals surface area contributed by atoms with Crippen LogP contribution in [0.4, 0.5) is 13.2 Å². The van der Waals surface area contributed by atoms with Gasteiger partial charge in [0.1, 0.15) is 0 Å². The zero-order valence-electron chi connectivity index (χ0n) is 12.4. The Balaban J connectivity index is 2.30. The standard InChI is InChI=1S/C16H16F3NO3/c1-9(20-15(23)11-4-5-11)12-6-2-10(3-7-14(21)22)8-13(12)16(17,18)19/h2-3,6-9,11H,4-5H2,1H3,(H,20,23)(H,21,22)/b7-3+/t9-/m0/s1. The van der Waals surface area contributed by atoms with Crippen molar-refractivity contribution in [3.05, 3.63) is 41.0 Å². The lowest BCUT2D eigenvalue weighted by Gasteiger charge is -2.20. The van der Waals surface area contributed by atoms with Gasteiger partial charge in [-0.05, 0) is 43.0 Å². The van der Waals surface area contributed by atoms with E-state index >= 15 is 0 Å². The smallest absolute Gasteiger partial charge is 0.416 e.